The zero-order chi connectivity index (χ0) is 27.6. The Bertz CT molecular complexity index is 1370. The van der Waals surface area contributed by atoms with Gasteiger partial charge in [0.15, 0.2) is 0 Å². The van der Waals surface area contributed by atoms with Crippen molar-refractivity contribution >= 4 is 17.8 Å². The van der Waals surface area contributed by atoms with Crippen LogP contribution in [0.2, 0.25) is 0 Å². The maximum atomic E-state index is 13.2. The summed E-state index contributed by atoms with van der Waals surface area (Å²) in [7, 11) is 4.78. The first-order chi connectivity index (χ1) is 19.0. The predicted octanol–water partition coefficient (Wildman–Crippen LogP) is 4.21. The fourth-order valence-electron chi connectivity index (χ4n) is 4.02. The van der Waals surface area contributed by atoms with Crippen LogP contribution in [0.3, 0.4) is 0 Å². The van der Waals surface area contributed by atoms with Gasteiger partial charge in [-0.3, -0.25) is 19.5 Å². The predicted molar refractivity (Wildman–Crippen MR) is 149 cm³/mol. The van der Waals surface area contributed by atoms with Gasteiger partial charge in [0.25, 0.3) is 0 Å². The summed E-state index contributed by atoms with van der Waals surface area (Å²) in [6.45, 7) is 0.470. The first-order valence-corrected chi connectivity index (χ1v) is 12.5. The Hall–Kier alpha value is -4.63. The van der Waals surface area contributed by atoms with E-state index in [1.807, 2.05) is 85.1 Å². The number of hydrogen-bond acceptors (Lipinski definition) is 6. The lowest BCUT2D eigenvalue weighted by atomic mass is 10.1. The number of carbonyl (C=O) groups excluding carboxylic acids is 2. The monoisotopic (exact) mass is 528 g/mol. The van der Waals surface area contributed by atoms with E-state index in [9.17, 15) is 9.59 Å². The van der Waals surface area contributed by atoms with Crippen molar-refractivity contribution in [2.45, 2.75) is 6.42 Å². The Balaban J connectivity index is 1.57. The average Bonchev–Trinajstić information content (AvgIpc) is 3.39. The van der Waals surface area contributed by atoms with E-state index in [-0.39, 0.29) is 24.8 Å². The largest absolute Gasteiger partial charge is 0.497 e. The third kappa shape index (κ3) is 7.24. The van der Waals surface area contributed by atoms with Gasteiger partial charge in [0, 0.05) is 31.1 Å². The molecule has 0 unspecified atom stereocenters. The Morgan fingerprint density at radius 2 is 1.51 bits per heavy atom. The lowest BCUT2D eigenvalue weighted by Crippen LogP contribution is -2.41. The summed E-state index contributed by atoms with van der Waals surface area (Å²) in [6.07, 6.45) is 2.04. The van der Waals surface area contributed by atoms with E-state index < -0.39 is 0 Å². The van der Waals surface area contributed by atoms with Gasteiger partial charge in [-0.1, -0.05) is 30.3 Å². The summed E-state index contributed by atoms with van der Waals surface area (Å²) in [5, 5.41) is 2.90. The number of aromatic nitrogens is 2. The molecule has 0 aliphatic carbocycles. The summed E-state index contributed by atoms with van der Waals surface area (Å²) >= 11 is 0. The standard InChI is InChI=1S/C30H32N4O5/c1-37-18-17-33(29(36)19-22-7-5-4-6-8-22)21-28(35)32-30-31-27(23-9-13-25(38-2)14-10-23)20-34(30)24-11-15-26(39-3)16-12-24/h4-16,20H,17-19,21H2,1-3H3,(H,31,32,35). The zero-order valence-corrected chi connectivity index (χ0v) is 22.3. The molecule has 0 saturated heterocycles. The summed E-state index contributed by atoms with van der Waals surface area (Å²) in [5.41, 5.74) is 3.19. The number of hydrogen-bond donors (Lipinski definition) is 1. The lowest BCUT2D eigenvalue weighted by Gasteiger charge is -2.22. The van der Waals surface area contributed by atoms with Gasteiger partial charge < -0.3 is 19.1 Å². The molecule has 0 spiro atoms. The molecule has 4 aromatic rings. The van der Waals surface area contributed by atoms with E-state index in [0.717, 1.165) is 22.6 Å². The van der Waals surface area contributed by atoms with Gasteiger partial charge in [-0.05, 0) is 54.1 Å². The minimum atomic E-state index is -0.367. The van der Waals surface area contributed by atoms with E-state index in [1.165, 1.54) is 4.90 Å². The summed E-state index contributed by atoms with van der Waals surface area (Å²) < 4.78 is 17.5. The number of nitrogens with zero attached hydrogens (tertiary/aromatic N) is 3. The molecule has 9 nitrogen and oxygen atoms in total. The SMILES string of the molecule is COCCN(CC(=O)Nc1nc(-c2ccc(OC)cc2)cn1-c1ccc(OC)cc1)C(=O)Cc1ccccc1. The molecule has 0 bridgehead atoms. The van der Waals surface area contributed by atoms with Crippen LogP contribution in [-0.4, -0.2) is 67.3 Å². The van der Waals surface area contributed by atoms with Crippen LogP contribution in [-0.2, 0) is 20.7 Å². The molecule has 0 atom stereocenters. The molecule has 0 radical (unpaired) electrons. The fourth-order valence-corrected chi connectivity index (χ4v) is 4.02. The molecule has 3 aromatic carbocycles. The molecule has 202 valence electrons. The molecular formula is C30H32N4O5. The summed E-state index contributed by atoms with van der Waals surface area (Å²) in [6, 6.07) is 24.4. The van der Waals surface area contributed by atoms with E-state index >= 15 is 0 Å². The van der Waals surface area contributed by atoms with Gasteiger partial charge in [0.05, 0.1) is 32.9 Å². The number of amides is 2. The maximum absolute atomic E-state index is 13.2. The van der Waals surface area contributed by atoms with Crippen molar-refractivity contribution in [3.63, 3.8) is 0 Å². The number of benzene rings is 3. The number of carbonyl (C=O) groups is 2. The van der Waals surface area contributed by atoms with Crippen molar-refractivity contribution in [1.82, 2.24) is 14.5 Å². The number of ether oxygens (including phenoxy) is 3. The van der Waals surface area contributed by atoms with Crippen LogP contribution >= 0.6 is 0 Å². The minimum absolute atomic E-state index is 0.137. The molecule has 2 amide bonds. The van der Waals surface area contributed by atoms with Gasteiger partial charge in [0.2, 0.25) is 17.8 Å². The van der Waals surface area contributed by atoms with Gasteiger partial charge in [-0.2, -0.15) is 0 Å². The third-order valence-corrected chi connectivity index (χ3v) is 6.14. The fraction of sp³-hybridized carbons (Fsp3) is 0.233. The van der Waals surface area contributed by atoms with Crippen molar-refractivity contribution in [2.24, 2.45) is 0 Å². The normalized spacial score (nSPS) is 10.6. The highest BCUT2D eigenvalue weighted by Gasteiger charge is 2.20. The molecule has 0 aliphatic heterocycles. The number of imidazole rings is 1. The van der Waals surface area contributed by atoms with Gasteiger partial charge >= 0.3 is 0 Å². The smallest absolute Gasteiger partial charge is 0.246 e. The average molecular weight is 529 g/mol. The second kappa shape index (κ2) is 13.3. The Morgan fingerprint density at radius 3 is 2.13 bits per heavy atom. The molecule has 0 saturated carbocycles. The molecule has 0 fully saturated rings. The van der Waals surface area contributed by atoms with Crippen molar-refractivity contribution in [2.75, 3.05) is 46.3 Å². The van der Waals surface area contributed by atoms with Gasteiger partial charge in [-0.25, -0.2) is 4.98 Å². The topological polar surface area (TPSA) is 94.9 Å². The van der Waals surface area contributed by atoms with Crippen molar-refractivity contribution in [3.05, 3.63) is 90.6 Å². The van der Waals surface area contributed by atoms with Crippen molar-refractivity contribution in [1.29, 1.82) is 0 Å². The number of methoxy groups -OCH3 is 3. The molecule has 9 heteroatoms. The zero-order valence-electron chi connectivity index (χ0n) is 22.3. The molecule has 39 heavy (non-hydrogen) atoms. The molecule has 1 aromatic heterocycles. The number of anilines is 1. The molecule has 0 aliphatic rings. The van der Waals surface area contributed by atoms with Crippen molar-refractivity contribution < 1.29 is 23.8 Å². The number of nitrogens with one attached hydrogen (secondary N) is 1. The highest BCUT2D eigenvalue weighted by atomic mass is 16.5. The van der Waals surface area contributed by atoms with Crippen LogP contribution in [0.1, 0.15) is 5.56 Å². The Morgan fingerprint density at radius 1 is 0.872 bits per heavy atom. The quantitative estimate of drug-likeness (QED) is 0.296. The third-order valence-electron chi connectivity index (χ3n) is 6.14. The Labute approximate surface area is 227 Å². The van der Waals surface area contributed by atoms with Gasteiger partial charge in [0.1, 0.15) is 18.0 Å². The van der Waals surface area contributed by atoms with Crippen LogP contribution in [0, 0.1) is 0 Å². The van der Waals surface area contributed by atoms with E-state index in [4.69, 9.17) is 19.2 Å². The lowest BCUT2D eigenvalue weighted by molar-refractivity contribution is -0.134. The second-order valence-corrected chi connectivity index (χ2v) is 8.76. The number of rotatable bonds is 12. The van der Waals surface area contributed by atoms with Crippen LogP contribution in [0.15, 0.2) is 85.1 Å². The van der Waals surface area contributed by atoms with Crippen LogP contribution in [0.25, 0.3) is 16.9 Å². The molecular weight excluding hydrogens is 496 g/mol. The second-order valence-electron chi connectivity index (χ2n) is 8.76. The first kappa shape index (κ1) is 27.4. The highest BCUT2D eigenvalue weighted by molar-refractivity contribution is 5.94. The van der Waals surface area contributed by atoms with E-state index in [1.54, 1.807) is 25.9 Å². The Kier molecular flexibility index (Phi) is 9.31. The van der Waals surface area contributed by atoms with Crippen LogP contribution in [0.5, 0.6) is 11.5 Å². The summed E-state index contributed by atoms with van der Waals surface area (Å²) in [4.78, 5) is 32.5. The minimum Gasteiger partial charge on any atom is -0.497 e. The first-order valence-electron chi connectivity index (χ1n) is 12.5. The molecule has 1 N–H and O–H groups in total. The maximum Gasteiger partial charge on any atom is 0.246 e. The van der Waals surface area contributed by atoms with Gasteiger partial charge in [-0.15, -0.1) is 0 Å². The van der Waals surface area contributed by atoms with E-state index in [2.05, 4.69) is 5.32 Å². The van der Waals surface area contributed by atoms with Crippen LogP contribution < -0.4 is 14.8 Å². The van der Waals surface area contributed by atoms with Crippen molar-refractivity contribution in [3.8, 4) is 28.4 Å². The van der Waals surface area contributed by atoms with E-state index in [0.29, 0.717) is 30.5 Å². The molecule has 1 heterocycles. The van der Waals surface area contributed by atoms with Crippen LogP contribution in [0.4, 0.5) is 5.95 Å². The highest BCUT2D eigenvalue weighted by Crippen LogP contribution is 2.27. The summed E-state index contributed by atoms with van der Waals surface area (Å²) in [5.74, 6) is 1.25. The molecule has 4 rings (SSSR count).